The van der Waals surface area contributed by atoms with Gasteiger partial charge in [0.05, 0.1) is 17.4 Å². The molecule has 0 saturated heterocycles. The first kappa shape index (κ1) is 21.3. The van der Waals surface area contributed by atoms with Crippen LogP contribution in [0, 0.1) is 27.7 Å². The number of pyridine rings is 2. The van der Waals surface area contributed by atoms with Gasteiger partial charge < -0.3 is 4.42 Å². The fourth-order valence-electron chi connectivity index (χ4n) is 6.04. The molecule has 0 unspecified atom stereocenters. The van der Waals surface area contributed by atoms with Crippen molar-refractivity contribution in [1.29, 1.82) is 0 Å². The minimum absolute atomic E-state index is 0.680. The third-order valence-electron chi connectivity index (χ3n) is 7.59. The second-order valence-electron chi connectivity index (χ2n) is 10.3. The lowest BCUT2D eigenvalue weighted by Gasteiger charge is -2.16. The lowest BCUT2D eigenvalue weighted by Crippen LogP contribution is -2.04. The van der Waals surface area contributed by atoms with Crippen LogP contribution in [0.4, 0.5) is 0 Å². The lowest BCUT2D eigenvalue weighted by atomic mass is 9.90. The molecule has 0 bridgehead atoms. The molecule has 2 aromatic carbocycles. The molecular weight excluding hydrogens is 444 g/mol. The molecule has 36 heavy (non-hydrogen) atoms. The van der Waals surface area contributed by atoms with Gasteiger partial charge in [0.1, 0.15) is 16.9 Å². The summed E-state index contributed by atoms with van der Waals surface area (Å²) in [5.41, 5.74) is 13.2. The third-order valence-corrected chi connectivity index (χ3v) is 7.59. The van der Waals surface area contributed by atoms with E-state index in [1.165, 1.54) is 40.7 Å². The van der Waals surface area contributed by atoms with E-state index in [0.29, 0.717) is 5.71 Å². The largest absolute Gasteiger partial charge is 0.438 e. The van der Waals surface area contributed by atoms with Crippen molar-refractivity contribution >= 4 is 33.1 Å². The van der Waals surface area contributed by atoms with Gasteiger partial charge in [0.25, 0.3) is 0 Å². The molecule has 178 valence electrons. The van der Waals surface area contributed by atoms with Crippen LogP contribution in [-0.4, -0.2) is 19.5 Å². The smallest absolute Gasteiger partial charge is 0.227 e. The van der Waals surface area contributed by atoms with Crippen molar-refractivity contribution in [2.24, 2.45) is 0 Å². The molecule has 4 aromatic heterocycles. The van der Waals surface area contributed by atoms with Crippen LogP contribution in [0.25, 0.3) is 50.2 Å². The van der Waals surface area contributed by atoms with Crippen molar-refractivity contribution in [3.63, 3.8) is 0 Å². The highest BCUT2D eigenvalue weighted by molar-refractivity contribution is 6.05. The van der Waals surface area contributed by atoms with Gasteiger partial charge in [-0.2, -0.15) is 0 Å². The normalized spacial score (nSPS) is 13.7. The summed E-state index contributed by atoms with van der Waals surface area (Å²) in [5.74, 6) is 0.870. The first-order chi connectivity index (χ1) is 17.5. The van der Waals surface area contributed by atoms with Gasteiger partial charge in [-0.3, -0.25) is 9.55 Å². The molecule has 0 saturated carbocycles. The van der Waals surface area contributed by atoms with Crippen LogP contribution >= 0.6 is 0 Å². The molecule has 0 spiro atoms. The molecule has 7 rings (SSSR count). The number of imidazole rings is 1. The van der Waals surface area contributed by atoms with Crippen molar-refractivity contribution in [2.45, 2.75) is 53.4 Å². The zero-order valence-electron chi connectivity index (χ0n) is 21.1. The van der Waals surface area contributed by atoms with Crippen molar-refractivity contribution in [3.05, 3.63) is 82.3 Å². The summed E-state index contributed by atoms with van der Waals surface area (Å²) < 4.78 is 8.48. The Labute approximate surface area is 209 Å². The molecule has 0 amide bonds. The molecule has 6 aromatic rings. The van der Waals surface area contributed by atoms with E-state index in [1.807, 2.05) is 19.3 Å². The van der Waals surface area contributed by atoms with Gasteiger partial charge in [-0.25, -0.2) is 9.97 Å². The van der Waals surface area contributed by atoms with Crippen LogP contribution in [0.2, 0.25) is 0 Å². The van der Waals surface area contributed by atoms with Gasteiger partial charge in [0.2, 0.25) is 5.71 Å². The van der Waals surface area contributed by atoms with Crippen molar-refractivity contribution < 1.29 is 4.42 Å². The summed E-state index contributed by atoms with van der Waals surface area (Å²) in [6, 6.07) is 13.3. The molecule has 0 aliphatic heterocycles. The number of rotatable bonds is 2. The molecule has 5 heteroatoms. The highest BCUT2D eigenvalue weighted by Gasteiger charge is 2.21. The van der Waals surface area contributed by atoms with Crippen LogP contribution < -0.4 is 0 Å². The van der Waals surface area contributed by atoms with E-state index >= 15 is 0 Å². The fourth-order valence-corrected chi connectivity index (χ4v) is 6.04. The van der Waals surface area contributed by atoms with E-state index in [2.05, 4.69) is 66.7 Å². The zero-order chi connectivity index (χ0) is 24.6. The predicted molar refractivity (Wildman–Crippen MR) is 145 cm³/mol. The Morgan fingerprint density at radius 3 is 2.31 bits per heavy atom. The van der Waals surface area contributed by atoms with Crippen LogP contribution in [-0.2, 0) is 12.8 Å². The number of fused-ring (bicyclic) bond motifs is 5. The topological polar surface area (TPSA) is 56.7 Å². The number of hydrogen-bond donors (Lipinski definition) is 0. The highest BCUT2D eigenvalue weighted by atomic mass is 16.3. The molecule has 0 fully saturated rings. The SMILES string of the molecule is Cc1cc(C)c(-n2c(-c3cnc4oc5cc6c(cc5c4c3)CCCC6)nc3cnc(C)cc32)c(C)c1. The Morgan fingerprint density at radius 1 is 0.778 bits per heavy atom. The maximum atomic E-state index is 6.20. The summed E-state index contributed by atoms with van der Waals surface area (Å²) in [5, 5.41) is 2.18. The van der Waals surface area contributed by atoms with E-state index in [9.17, 15) is 0 Å². The van der Waals surface area contributed by atoms with Crippen LogP contribution in [0.3, 0.4) is 0 Å². The minimum Gasteiger partial charge on any atom is -0.438 e. The Kier molecular flexibility index (Phi) is 4.59. The van der Waals surface area contributed by atoms with Gasteiger partial charge in [-0.1, -0.05) is 17.7 Å². The number of hydrogen-bond acceptors (Lipinski definition) is 4. The third kappa shape index (κ3) is 3.19. The Bertz CT molecular complexity index is 1820. The van der Waals surface area contributed by atoms with Gasteiger partial charge in [-0.15, -0.1) is 0 Å². The fraction of sp³-hybridized carbons (Fsp3) is 0.258. The number of aryl methyl sites for hydroxylation is 6. The maximum Gasteiger partial charge on any atom is 0.227 e. The van der Waals surface area contributed by atoms with Crippen LogP contribution in [0.15, 0.2) is 53.2 Å². The summed E-state index contributed by atoms with van der Waals surface area (Å²) in [6.45, 7) is 8.52. The first-order valence-electron chi connectivity index (χ1n) is 12.7. The highest BCUT2D eigenvalue weighted by Crippen LogP contribution is 2.37. The number of nitrogens with zero attached hydrogens (tertiary/aromatic N) is 4. The second-order valence-corrected chi connectivity index (χ2v) is 10.3. The molecule has 0 radical (unpaired) electrons. The van der Waals surface area contributed by atoms with Crippen molar-refractivity contribution in [1.82, 2.24) is 19.5 Å². The molecule has 1 aliphatic carbocycles. The van der Waals surface area contributed by atoms with Gasteiger partial charge in [0, 0.05) is 28.2 Å². The quantitative estimate of drug-likeness (QED) is 0.262. The zero-order valence-corrected chi connectivity index (χ0v) is 21.1. The van der Waals surface area contributed by atoms with E-state index in [0.717, 1.165) is 63.0 Å². The molecule has 0 atom stereocenters. The van der Waals surface area contributed by atoms with Gasteiger partial charge in [0.15, 0.2) is 0 Å². The molecule has 1 aliphatic rings. The Morgan fingerprint density at radius 2 is 1.53 bits per heavy atom. The number of aromatic nitrogens is 4. The van der Waals surface area contributed by atoms with E-state index in [-0.39, 0.29) is 0 Å². The lowest BCUT2D eigenvalue weighted by molar-refractivity contribution is 0.648. The monoisotopic (exact) mass is 472 g/mol. The minimum atomic E-state index is 0.680. The average Bonchev–Trinajstić information content (AvgIpc) is 3.39. The maximum absolute atomic E-state index is 6.20. The van der Waals surface area contributed by atoms with Crippen LogP contribution in [0.1, 0.15) is 46.4 Å². The summed E-state index contributed by atoms with van der Waals surface area (Å²) in [6.07, 6.45) is 8.54. The first-order valence-corrected chi connectivity index (χ1v) is 12.7. The van der Waals surface area contributed by atoms with E-state index in [4.69, 9.17) is 14.4 Å². The molecule has 0 N–H and O–H groups in total. The van der Waals surface area contributed by atoms with Gasteiger partial charge >= 0.3 is 0 Å². The average molecular weight is 473 g/mol. The van der Waals surface area contributed by atoms with E-state index in [1.54, 1.807) is 0 Å². The summed E-state index contributed by atoms with van der Waals surface area (Å²) in [7, 11) is 0. The van der Waals surface area contributed by atoms with E-state index < -0.39 is 0 Å². The number of benzene rings is 2. The van der Waals surface area contributed by atoms with Crippen molar-refractivity contribution in [2.75, 3.05) is 0 Å². The standard InChI is InChI=1S/C31H28N4O/c1-17-9-18(2)29(19(3)10-17)35-27-11-20(4)32-16-26(27)34-30(35)23-13-25-24-12-21-7-5-6-8-22(21)14-28(24)36-31(25)33-15-23/h9-16H,5-8H2,1-4H3. The predicted octanol–water partition coefficient (Wildman–Crippen LogP) is 7.49. The Balaban J connectivity index is 1.51. The summed E-state index contributed by atoms with van der Waals surface area (Å²) >= 11 is 0. The van der Waals surface area contributed by atoms with Crippen molar-refractivity contribution in [3.8, 4) is 17.1 Å². The number of furan rings is 1. The second kappa shape index (κ2) is 7.76. The molecule has 5 nitrogen and oxygen atoms in total. The van der Waals surface area contributed by atoms with Crippen LogP contribution in [0.5, 0.6) is 0 Å². The Hall–Kier alpha value is -3.99. The van der Waals surface area contributed by atoms with Gasteiger partial charge in [-0.05, 0) is 99.9 Å². The molecule has 4 heterocycles. The summed E-state index contributed by atoms with van der Waals surface area (Å²) in [4.78, 5) is 14.4. The molecular formula is C31H28N4O.